The topological polar surface area (TPSA) is 25.9 Å². The Morgan fingerprint density at radius 2 is 0.525 bits per heavy atom. The lowest BCUT2D eigenvalue weighted by molar-refractivity contribution is 0.0870. The quantitative estimate of drug-likeness (QED) is 0.239. The van der Waals surface area contributed by atoms with Gasteiger partial charge in [0.05, 0.1) is 0 Å². The maximum Gasteiger partial charge on any atom is 0.110 e. The zero-order valence-electron chi connectivity index (χ0n) is 42.4. The van der Waals surface area contributed by atoms with Gasteiger partial charge in [0.2, 0.25) is 0 Å². The minimum atomic E-state index is -0.882. The molecule has 8 fully saturated rings. The van der Waals surface area contributed by atoms with E-state index in [0.717, 1.165) is 24.9 Å². The Bertz CT molecular complexity index is 827. The molecule has 354 valence electrons. The first-order chi connectivity index (χ1) is 27.9. The van der Waals surface area contributed by atoms with Crippen molar-refractivity contribution in [3.63, 3.8) is 0 Å². The SMILES string of the molecule is CC1CCN(C)CC1.CC1CCN(C)CC1.CN1CCC(C)(C)CC1.CN1CCC(C)(F)CC1.CN1CCC1.CN1CCCC1.CN1CCCCC1.CN1CCCCC1. The standard InChI is InChI=1S/C8H17N.C7H14FN.2C7H15N.2C6H13N.C5H11N.C4H9N/c1-8(2)4-6-9(3)7-5-8;1-7(8)3-5-9(2)6-4-7;2*1-7-3-5-8(2)6-4-7;2*1-7-5-3-2-4-6-7;1-6-4-2-3-5-6;1-5-3-2-4-5/h4-7H2,1-3H3;3-6H2,1-2H3;2*7H,3-6H2,1-2H3;2*2-6H2,1H3;2-5H2,1H3;2-4H2,1H3. The summed E-state index contributed by atoms with van der Waals surface area (Å²) >= 11 is 0. The van der Waals surface area contributed by atoms with Gasteiger partial charge in [-0.15, -0.1) is 0 Å². The van der Waals surface area contributed by atoms with E-state index in [9.17, 15) is 4.39 Å². The van der Waals surface area contributed by atoms with E-state index in [1.54, 1.807) is 6.92 Å². The number of likely N-dealkylation sites (tertiary alicyclic amines) is 8. The van der Waals surface area contributed by atoms with Gasteiger partial charge in [-0.05, 0) is 268 Å². The molecule has 8 heterocycles. The van der Waals surface area contributed by atoms with Crippen LogP contribution in [-0.4, -0.2) is 206 Å². The molecule has 0 atom stereocenters. The van der Waals surface area contributed by atoms with Crippen molar-refractivity contribution >= 4 is 0 Å². The predicted molar refractivity (Wildman–Crippen MR) is 260 cm³/mol. The van der Waals surface area contributed by atoms with E-state index in [4.69, 9.17) is 0 Å². The monoisotopic (exact) mass is 839 g/mol. The highest BCUT2D eigenvalue weighted by Crippen LogP contribution is 2.28. The molecule has 8 aliphatic heterocycles. The highest BCUT2D eigenvalue weighted by Gasteiger charge is 2.27. The van der Waals surface area contributed by atoms with E-state index >= 15 is 0 Å². The van der Waals surface area contributed by atoms with Gasteiger partial charge in [-0.3, -0.25) is 0 Å². The molecular formula is C50H107FN8. The number of alkyl halides is 1. The molecular weight excluding hydrogens is 732 g/mol. The van der Waals surface area contributed by atoms with Gasteiger partial charge < -0.3 is 39.2 Å². The predicted octanol–water partition coefficient (Wildman–Crippen LogP) is 9.11. The highest BCUT2D eigenvalue weighted by atomic mass is 19.1. The zero-order valence-corrected chi connectivity index (χ0v) is 42.4. The van der Waals surface area contributed by atoms with Crippen molar-refractivity contribution in [1.29, 1.82) is 0 Å². The Labute approximate surface area is 370 Å². The molecule has 59 heavy (non-hydrogen) atoms. The summed E-state index contributed by atoms with van der Waals surface area (Å²) in [5.74, 6) is 1.96. The zero-order chi connectivity index (χ0) is 44.1. The summed E-state index contributed by atoms with van der Waals surface area (Å²) in [6.45, 7) is 31.3. The van der Waals surface area contributed by atoms with Crippen molar-refractivity contribution in [1.82, 2.24) is 39.2 Å². The average Bonchev–Trinajstić information content (AvgIpc) is 3.69. The van der Waals surface area contributed by atoms with Gasteiger partial charge >= 0.3 is 0 Å². The largest absolute Gasteiger partial charge is 0.306 e. The maximum atomic E-state index is 13.0. The molecule has 0 radical (unpaired) electrons. The van der Waals surface area contributed by atoms with Crippen LogP contribution in [-0.2, 0) is 0 Å². The first-order valence-electron chi connectivity index (χ1n) is 25.0. The summed E-state index contributed by atoms with van der Waals surface area (Å²) in [7, 11) is 17.3. The van der Waals surface area contributed by atoms with E-state index in [2.05, 4.69) is 116 Å². The van der Waals surface area contributed by atoms with Crippen molar-refractivity contribution in [3.05, 3.63) is 0 Å². The summed E-state index contributed by atoms with van der Waals surface area (Å²) in [4.78, 5) is 18.8. The summed E-state index contributed by atoms with van der Waals surface area (Å²) in [6, 6.07) is 0. The average molecular weight is 839 g/mol. The number of piperidine rings is 6. The van der Waals surface area contributed by atoms with Crippen LogP contribution < -0.4 is 0 Å². The van der Waals surface area contributed by atoms with E-state index in [1.807, 2.05) is 7.05 Å². The highest BCUT2D eigenvalue weighted by molar-refractivity contribution is 4.80. The van der Waals surface area contributed by atoms with Crippen LogP contribution in [0, 0.1) is 17.3 Å². The van der Waals surface area contributed by atoms with Gasteiger partial charge in [-0.1, -0.05) is 40.5 Å². The number of halogens is 1. The first-order valence-corrected chi connectivity index (χ1v) is 25.0. The van der Waals surface area contributed by atoms with Crippen LogP contribution in [0.1, 0.15) is 144 Å². The van der Waals surface area contributed by atoms with Gasteiger partial charge in [0.25, 0.3) is 0 Å². The van der Waals surface area contributed by atoms with Crippen molar-refractivity contribution in [2.75, 3.05) is 161 Å². The molecule has 0 aromatic carbocycles. The fourth-order valence-electron chi connectivity index (χ4n) is 8.04. The lowest BCUT2D eigenvalue weighted by Crippen LogP contribution is -2.37. The second kappa shape index (κ2) is 33.2. The molecule has 8 nitrogen and oxygen atoms in total. The molecule has 0 N–H and O–H groups in total. The molecule has 0 unspecified atom stereocenters. The molecule has 0 saturated carbocycles. The summed E-state index contributed by atoms with van der Waals surface area (Å²) in [6.07, 6.45) is 22.5. The lowest BCUT2D eigenvalue weighted by Gasteiger charge is -2.34. The number of hydrogen-bond donors (Lipinski definition) is 0. The van der Waals surface area contributed by atoms with Gasteiger partial charge in [-0.2, -0.15) is 0 Å². The van der Waals surface area contributed by atoms with Gasteiger partial charge in [0, 0.05) is 13.1 Å². The first kappa shape index (κ1) is 56.6. The number of hydrogen-bond acceptors (Lipinski definition) is 8. The summed E-state index contributed by atoms with van der Waals surface area (Å²) in [5.41, 5.74) is -0.265. The van der Waals surface area contributed by atoms with Crippen LogP contribution in [0.15, 0.2) is 0 Å². The third-order valence-electron chi connectivity index (χ3n) is 14.0. The van der Waals surface area contributed by atoms with Crippen LogP contribution in [0.25, 0.3) is 0 Å². The van der Waals surface area contributed by atoms with E-state index in [-0.39, 0.29) is 0 Å². The Kier molecular flexibility index (Phi) is 31.8. The summed E-state index contributed by atoms with van der Waals surface area (Å²) in [5, 5.41) is 0. The van der Waals surface area contributed by atoms with Crippen LogP contribution in [0.2, 0.25) is 0 Å². The molecule has 0 aliphatic carbocycles. The Morgan fingerprint density at radius 3 is 0.695 bits per heavy atom. The van der Waals surface area contributed by atoms with E-state index in [1.165, 1.54) is 188 Å². The molecule has 0 spiro atoms. The van der Waals surface area contributed by atoms with Crippen LogP contribution >= 0.6 is 0 Å². The van der Waals surface area contributed by atoms with Gasteiger partial charge in [0.15, 0.2) is 0 Å². The molecule has 0 bridgehead atoms. The molecule has 9 heteroatoms. The molecule has 0 amide bonds. The third-order valence-corrected chi connectivity index (χ3v) is 14.0. The molecule has 8 aliphatic rings. The third kappa shape index (κ3) is 33.8. The molecule has 8 rings (SSSR count). The minimum absolute atomic E-state index is 0.618. The van der Waals surface area contributed by atoms with E-state index < -0.39 is 5.67 Å². The Morgan fingerprint density at radius 1 is 0.305 bits per heavy atom. The second-order valence-corrected chi connectivity index (χ2v) is 21.6. The van der Waals surface area contributed by atoms with E-state index in [0.29, 0.717) is 18.3 Å². The fraction of sp³-hybridized carbons (Fsp3) is 1.00. The smallest absolute Gasteiger partial charge is 0.110 e. The Hall–Kier alpha value is -0.390. The molecule has 8 saturated heterocycles. The normalized spacial score (nSPS) is 26.5. The fourth-order valence-corrected chi connectivity index (χ4v) is 8.04. The maximum absolute atomic E-state index is 13.0. The Balaban J connectivity index is 0.000000339. The molecule has 0 aromatic rings. The van der Waals surface area contributed by atoms with Crippen molar-refractivity contribution in [3.8, 4) is 0 Å². The van der Waals surface area contributed by atoms with Crippen molar-refractivity contribution in [2.24, 2.45) is 17.3 Å². The van der Waals surface area contributed by atoms with Crippen LogP contribution in [0.4, 0.5) is 4.39 Å². The molecule has 0 aromatic heterocycles. The van der Waals surface area contributed by atoms with Crippen molar-refractivity contribution in [2.45, 2.75) is 149 Å². The number of rotatable bonds is 0. The van der Waals surface area contributed by atoms with Crippen molar-refractivity contribution < 1.29 is 4.39 Å². The number of nitrogens with zero attached hydrogens (tertiary/aromatic N) is 8. The van der Waals surface area contributed by atoms with Gasteiger partial charge in [0.1, 0.15) is 5.67 Å². The minimum Gasteiger partial charge on any atom is -0.306 e. The van der Waals surface area contributed by atoms with Crippen LogP contribution in [0.5, 0.6) is 0 Å². The van der Waals surface area contributed by atoms with Gasteiger partial charge in [-0.25, -0.2) is 4.39 Å². The lowest BCUT2D eigenvalue weighted by atomic mass is 9.83. The van der Waals surface area contributed by atoms with Crippen LogP contribution in [0.3, 0.4) is 0 Å². The summed E-state index contributed by atoms with van der Waals surface area (Å²) < 4.78 is 13.0. The second-order valence-electron chi connectivity index (χ2n) is 21.6.